The fourth-order valence-corrected chi connectivity index (χ4v) is 2.09. The molecular weight excluding hydrogens is 282 g/mol. The molecule has 2 aromatic carbocycles. The van der Waals surface area contributed by atoms with Gasteiger partial charge >= 0.3 is 5.97 Å². The van der Waals surface area contributed by atoms with Gasteiger partial charge in [-0.2, -0.15) is 0 Å². The topological polar surface area (TPSA) is 89.6 Å². The maximum absolute atomic E-state index is 11.5. The average molecular weight is 299 g/mol. The number of carboxylic acids is 1. The monoisotopic (exact) mass is 299 g/mol. The zero-order valence-corrected chi connectivity index (χ0v) is 12.2. The molecule has 2 rings (SSSR count). The molecule has 0 radical (unpaired) electrons. The molecule has 0 spiro atoms. The van der Waals surface area contributed by atoms with Gasteiger partial charge in [0.25, 0.3) is 0 Å². The van der Waals surface area contributed by atoms with Gasteiger partial charge in [0.05, 0.1) is 6.42 Å². The van der Waals surface area contributed by atoms with E-state index in [0.29, 0.717) is 29.2 Å². The summed E-state index contributed by atoms with van der Waals surface area (Å²) in [5.74, 6) is -0.627. The maximum atomic E-state index is 11.5. The smallest absolute Gasteiger partial charge is 0.307 e. The minimum absolute atomic E-state index is 0.165. The molecule has 5 nitrogen and oxygen atoms in total. The Morgan fingerprint density at radius 1 is 1.14 bits per heavy atom. The minimum Gasteiger partial charge on any atom is -0.489 e. The van der Waals surface area contributed by atoms with Crippen LogP contribution >= 0.6 is 0 Å². The lowest BCUT2D eigenvalue weighted by Gasteiger charge is -2.10. The first-order valence-electron chi connectivity index (χ1n) is 6.78. The maximum Gasteiger partial charge on any atom is 0.307 e. The van der Waals surface area contributed by atoms with E-state index in [2.05, 4.69) is 0 Å². The molecule has 5 heteroatoms. The number of ether oxygens (including phenoxy) is 1. The van der Waals surface area contributed by atoms with Crippen molar-refractivity contribution in [3.8, 4) is 5.75 Å². The molecule has 0 aliphatic carbocycles. The van der Waals surface area contributed by atoms with Gasteiger partial charge in [0.2, 0.25) is 0 Å². The van der Waals surface area contributed by atoms with Crippen molar-refractivity contribution in [2.24, 2.45) is 0 Å². The fourth-order valence-electron chi connectivity index (χ4n) is 2.09. The Hall–Kier alpha value is -2.82. The number of anilines is 1. The van der Waals surface area contributed by atoms with Crippen LogP contribution in [0.2, 0.25) is 0 Å². The van der Waals surface area contributed by atoms with Crippen LogP contribution in [0.3, 0.4) is 0 Å². The minimum atomic E-state index is -0.988. The summed E-state index contributed by atoms with van der Waals surface area (Å²) in [6.45, 7) is 1.75. The highest BCUT2D eigenvalue weighted by Gasteiger charge is 2.12. The van der Waals surface area contributed by atoms with E-state index in [1.165, 1.54) is 6.92 Å². The first-order chi connectivity index (χ1) is 10.5. The lowest BCUT2D eigenvalue weighted by atomic mass is 10.0. The van der Waals surface area contributed by atoms with Crippen molar-refractivity contribution in [3.05, 3.63) is 59.2 Å². The van der Waals surface area contributed by atoms with Crippen LogP contribution in [0, 0.1) is 0 Å². The normalized spacial score (nSPS) is 10.2. The summed E-state index contributed by atoms with van der Waals surface area (Å²) in [7, 11) is 0. The zero-order valence-electron chi connectivity index (χ0n) is 12.2. The molecule has 3 N–H and O–H groups in total. The summed E-state index contributed by atoms with van der Waals surface area (Å²) in [5.41, 5.74) is 8.10. The molecule has 0 bridgehead atoms. The molecule has 0 aliphatic heterocycles. The largest absolute Gasteiger partial charge is 0.489 e. The standard InChI is InChI=1S/C17H17NO4/c1-11(19)16-7-6-15(8-13(16)9-17(20)21)22-10-12-2-4-14(18)5-3-12/h2-8H,9-10,18H2,1H3,(H,20,21). The number of carbonyl (C=O) groups is 2. The Kier molecular flexibility index (Phi) is 4.78. The Balaban J connectivity index is 2.15. The highest BCUT2D eigenvalue weighted by molar-refractivity contribution is 5.96. The second kappa shape index (κ2) is 6.76. The molecular formula is C17H17NO4. The molecule has 0 aliphatic rings. The number of rotatable bonds is 6. The molecule has 22 heavy (non-hydrogen) atoms. The second-order valence-corrected chi connectivity index (χ2v) is 4.98. The van der Waals surface area contributed by atoms with Crippen molar-refractivity contribution in [1.82, 2.24) is 0 Å². The Labute approximate surface area is 128 Å². The molecule has 0 amide bonds. The summed E-state index contributed by atoms with van der Waals surface area (Å²) in [4.78, 5) is 22.4. The quantitative estimate of drug-likeness (QED) is 0.632. The zero-order chi connectivity index (χ0) is 16.1. The number of carboxylic acid groups (broad SMARTS) is 1. The lowest BCUT2D eigenvalue weighted by Crippen LogP contribution is -2.07. The first kappa shape index (κ1) is 15.6. The summed E-state index contributed by atoms with van der Waals surface area (Å²) in [5, 5.41) is 8.93. The average Bonchev–Trinajstić information content (AvgIpc) is 2.46. The van der Waals surface area contributed by atoms with Crippen LogP contribution in [-0.4, -0.2) is 16.9 Å². The molecule has 0 heterocycles. The third-order valence-corrected chi connectivity index (χ3v) is 3.18. The molecule has 0 saturated heterocycles. The van der Waals surface area contributed by atoms with E-state index in [1.54, 1.807) is 30.3 Å². The molecule has 0 unspecified atom stereocenters. The third-order valence-electron chi connectivity index (χ3n) is 3.18. The van der Waals surface area contributed by atoms with E-state index in [0.717, 1.165) is 5.56 Å². The summed E-state index contributed by atoms with van der Waals surface area (Å²) in [6.07, 6.45) is -0.214. The molecule has 0 fully saturated rings. The van der Waals surface area contributed by atoms with Crippen LogP contribution in [0.1, 0.15) is 28.4 Å². The molecule has 2 aromatic rings. The number of benzene rings is 2. The number of nitrogen functional groups attached to an aromatic ring is 1. The van der Waals surface area contributed by atoms with Crippen LogP contribution in [0.15, 0.2) is 42.5 Å². The SMILES string of the molecule is CC(=O)c1ccc(OCc2ccc(N)cc2)cc1CC(=O)O. The number of hydrogen-bond acceptors (Lipinski definition) is 4. The second-order valence-electron chi connectivity index (χ2n) is 4.98. The summed E-state index contributed by atoms with van der Waals surface area (Å²) in [6, 6.07) is 12.1. The third kappa shape index (κ3) is 4.09. The van der Waals surface area contributed by atoms with Crippen molar-refractivity contribution < 1.29 is 19.4 Å². The van der Waals surface area contributed by atoms with Crippen molar-refractivity contribution in [2.75, 3.05) is 5.73 Å². The first-order valence-corrected chi connectivity index (χ1v) is 6.78. The summed E-state index contributed by atoms with van der Waals surface area (Å²) < 4.78 is 5.64. The highest BCUT2D eigenvalue weighted by atomic mass is 16.5. The van der Waals surface area contributed by atoms with Gasteiger partial charge in [0.1, 0.15) is 12.4 Å². The van der Waals surface area contributed by atoms with Gasteiger partial charge in [-0.1, -0.05) is 12.1 Å². The summed E-state index contributed by atoms with van der Waals surface area (Å²) >= 11 is 0. The van der Waals surface area contributed by atoms with Crippen LogP contribution in [0.4, 0.5) is 5.69 Å². The van der Waals surface area contributed by atoms with Crippen LogP contribution in [0.25, 0.3) is 0 Å². The van der Waals surface area contributed by atoms with Crippen LogP contribution in [0.5, 0.6) is 5.75 Å². The highest BCUT2D eigenvalue weighted by Crippen LogP contribution is 2.20. The van der Waals surface area contributed by atoms with E-state index in [1.807, 2.05) is 12.1 Å². The Morgan fingerprint density at radius 2 is 1.82 bits per heavy atom. The van der Waals surface area contributed by atoms with Crippen molar-refractivity contribution in [1.29, 1.82) is 0 Å². The van der Waals surface area contributed by atoms with E-state index < -0.39 is 5.97 Å². The number of ketones is 1. The number of nitrogens with two attached hydrogens (primary N) is 1. The van der Waals surface area contributed by atoms with E-state index in [-0.39, 0.29) is 12.2 Å². The Morgan fingerprint density at radius 3 is 2.41 bits per heavy atom. The van der Waals surface area contributed by atoms with Crippen LogP contribution < -0.4 is 10.5 Å². The van der Waals surface area contributed by atoms with Gasteiger partial charge in [-0.3, -0.25) is 9.59 Å². The molecule has 0 aromatic heterocycles. The van der Waals surface area contributed by atoms with Gasteiger partial charge in [0.15, 0.2) is 5.78 Å². The van der Waals surface area contributed by atoms with Gasteiger partial charge in [0, 0.05) is 11.3 Å². The Bertz CT molecular complexity index is 692. The predicted octanol–water partition coefficient (Wildman–Crippen LogP) is 2.68. The van der Waals surface area contributed by atoms with Gasteiger partial charge in [-0.25, -0.2) is 0 Å². The fraction of sp³-hybridized carbons (Fsp3) is 0.176. The number of carbonyl (C=O) groups excluding carboxylic acids is 1. The molecule has 114 valence electrons. The van der Waals surface area contributed by atoms with Crippen molar-refractivity contribution in [3.63, 3.8) is 0 Å². The van der Waals surface area contributed by atoms with Gasteiger partial charge < -0.3 is 15.6 Å². The van der Waals surface area contributed by atoms with Crippen molar-refractivity contribution in [2.45, 2.75) is 20.0 Å². The number of aliphatic carboxylic acids is 1. The van der Waals surface area contributed by atoms with Gasteiger partial charge in [-0.15, -0.1) is 0 Å². The van der Waals surface area contributed by atoms with Gasteiger partial charge in [-0.05, 0) is 48.4 Å². The lowest BCUT2D eigenvalue weighted by molar-refractivity contribution is -0.136. The van der Waals surface area contributed by atoms with Crippen LogP contribution in [-0.2, 0) is 17.8 Å². The molecule has 0 atom stereocenters. The number of Topliss-reactive ketones (excluding diaryl/α,β-unsaturated/α-hetero) is 1. The number of hydrogen-bond donors (Lipinski definition) is 2. The van der Waals surface area contributed by atoms with Crippen molar-refractivity contribution >= 4 is 17.4 Å². The predicted molar refractivity (Wildman–Crippen MR) is 83.0 cm³/mol. The van der Waals surface area contributed by atoms with E-state index in [9.17, 15) is 9.59 Å². The van der Waals surface area contributed by atoms with E-state index >= 15 is 0 Å². The van der Waals surface area contributed by atoms with E-state index in [4.69, 9.17) is 15.6 Å². The molecule has 0 saturated carbocycles.